The zero-order chi connectivity index (χ0) is 15.7. The Kier molecular flexibility index (Phi) is 7.12. The maximum absolute atomic E-state index is 12.1. The van der Waals surface area contributed by atoms with Crippen molar-refractivity contribution in [3.05, 3.63) is 17.8 Å². The molecule has 0 aromatic carbocycles. The summed E-state index contributed by atoms with van der Waals surface area (Å²) in [5, 5.41) is 13.9. The van der Waals surface area contributed by atoms with E-state index >= 15 is 0 Å². The molecule has 5 heteroatoms. The van der Waals surface area contributed by atoms with E-state index in [1.54, 1.807) is 12.1 Å². The summed E-state index contributed by atoms with van der Waals surface area (Å²) in [5.41, 5.74) is 0.475. The van der Waals surface area contributed by atoms with E-state index in [2.05, 4.69) is 41.6 Å². The van der Waals surface area contributed by atoms with Gasteiger partial charge in [0, 0.05) is 13.1 Å². The number of nitrogens with zero attached hydrogens (tertiary/aromatic N) is 2. The van der Waals surface area contributed by atoms with Gasteiger partial charge >= 0.3 is 0 Å². The lowest BCUT2D eigenvalue weighted by molar-refractivity contribution is 0.0928. The van der Waals surface area contributed by atoms with E-state index in [0.29, 0.717) is 18.1 Å². The first-order valence-corrected chi connectivity index (χ1v) is 7.84. The van der Waals surface area contributed by atoms with Crippen LogP contribution >= 0.6 is 0 Å². The molecule has 1 aromatic rings. The van der Waals surface area contributed by atoms with E-state index < -0.39 is 0 Å². The number of hydrogen-bond acceptors (Lipinski definition) is 4. The van der Waals surface area contributed by atoms with Crippen molar-refractivity contribution < 1.29 is 4.79 Å². The van der Waals surface area contributed by atoms with Crippen LogP contribution in [0.15, 0.2) is 12.1 Å². The second kappa shape index (κ2) is 8.60. The molecule has 1 aromatic heterocycles. The van der Waals surface area contributed by atoms with Gasteiger partial charge in [-0.25, -0.2) is 0 Å². The molecule has 0 unspecified atom stereocenters. The molecule has 1 heterocycles. The number of nitrogens with one attached hydrogen (secondary N) is 2. The Hall–Kier alpha value is -1.65. The number of anilines is 1. The smallest absolute Gasteiger partial charge is 0.271 e. The average molecular weight is 292 g/mol. The average Bonchev–Trinajstić information content (AvgIpc) is 2.46. The van der Waals surface area contributed by atoms with Gasteiger partial charge in [-0.3, -0.25) is 4.79 Å². The standard InChI is InChI=1S/C16H28N4O/c1-5-7-8-11-16(3,4)12-18-15(21)13-9-10-14(17-6-2)20-19-13/h9-10H,5-8,11-12H2,1-4H3,(H,17,20)(H,18,21). The van der Waals surface area contributed by atoms with Crippen molar-refractivity contribution in [2.75, 3.05) is 18.4 Å². The highest BCUT2D eigenvalue weighted by Gasteiger charge is 2.19. The zero-order valence-electron chi connectivity index (χ0n) is 13.7. The molecule has 0 radical (unpaired) electrons. The van der Waals surface area contributed by atoms with E-state index in [4.69, 9.17) is 0 Å². The summed E-state index contributed by atoms with van der Waals surface area (Å²) in [6, 6.07) is 3.47. The highest BCUT2D eigenvalue weighted by Crippen LogP contribution is 2.22. The van der Waals surface area contributed by atoms with Gasteiger partial charge in [0.2, 0.25) is 0 Å². The maximum Gasteiger partial charge on any atom is 0.271 e. The third kappa shape index (κ3) is 6.56. The normalized spacial score (nSPS) is 11.2. The first-order valence-electron chi connectivity index (χ1n) is 7.84. The van der Waals surface area contributed by atoms with Crippen molar-refractivity contribution in [1.29, 1.82) is 0 Å². The molecule has 0 fully saturated rings. The topological polar surface area (TPSA) is 66.9 Å². The molecule has 0 saturated carbocycles. The minimum absolute atomic E-state index is 0.113. The van der Waals surface area contributed by atoms with Gasteiger partial charge in [-0.05, 0) is 30.9 Å². The predicted octanol–water partition coefficient (Wildman–Crippen LogP) is 3.24. The fourth-order valence-corrected chi connectivity index (χ4v) is 2.08. The molecular weight excluding hydrogens is 264 g/mol. The third-order valence-electron chi connectivity index (χ3n) is 3.44. The van der Waals surface area contributed by atoms with E-state index in [0.717, 1.165) is 13.0 Å². The summed E-state index contributed by atoms with van der Waals surface area (Å²) in [6.45, 7) is 10.00. The monoisotopic (exact) mass is 292 g/mol. The molecule has 0 bridgehead atoms. The van der Waals surface area contributed by atoms with E-state index in [-0.39, 0.29) is 11.3 Å². The van der Waals surface area contributed by atoms with Crippen molar-refractivity contribution in [3.8, 4) is 0 Å². The van der Waals surface area contributed by atoms with Crippen LogP contribution in [0.4, 0.5) is 5.82 Å². The Labute approximate surface area is 127 Å². The Balaban J connectivity index is 2.45. The maximum atomic E-state index is 12.1. The Morgan fingerprint density at radius 1 is 1.19 bits per heavy atom. The fourth-order valence-electron chi connectivity index (χ4n) is 2.08. The van der Waals surface area contributed by atoms with Crippen LogP contribution < -0.4 is 10.6 Å². The van der Waals surface area contributed by atoms with Crippen molar-refractivity contribution in [1.82, 2.24) is 15.5 Å². The fraction of sp³-hybridized carbons (Fsp3) is 0.688. The number of aromatic nitrogens is 2. The lowest BCUT2D eigenvalue weighted by Gasteiger charge is -2.24. The molecule has 5 nitrogen and oxygen atoms in total. The quantitative estimate of drug-likeness (QED) is 0.686. The van der Waals surface area contributed by atoms with Crippen molar-refractivity contribution >= 4 is 11.7 Å². The van der Waals surface area contributed by atoms with Crippen LogP contribution in [0.3, 0.4) is 0 Å². The number of unbranched alkanes of at least 4 members (excludes halogenated alkanes) is 2. The molecule has 0 atom stereocenters. The SMILES string of the molecule is CCCCCC(C)(C)CNC(=O)c1ccc(NCC)nn1. The molecule has 0 aliphatic heterocycles. The molecule has 21 heavy (non-hydrogen) atoms. The van der Waals surface area contributed by atoms with Gasteiger partial charge < -0.3 is 10.6 Å². The highest BCUT2D eigenvalue weighted by atomic mass is 16.1. The Bertz CT molecular complexity index is 428. The number of amides is 1. The Morgan fingerprint density at radius 2 is 1.95 bits per heavy atom. The zero-order valence-corrected chi connectivity index (χ0v) is 13.7. The summed E-state index contributed by atoms with van der Waals surface area (Å²) >= 11 is 0. The summed E-state index contributed by atoms with van der Waals surface area (Å²) in [7, 11) is 0. The van der Waals surface area contributed by atoms with Gasteiger partial charge in [0.25, 0.3) is 5.91 Å². The summed E-state index contributed by atoms with van der Waals surface area (Å²) < 4.78 is 0. The molecule has 1 amide bonds. The van der Waals surface area contributed by atoms with Crippen LogP contribution in [0.25, 0.3) is 0 Å². The molecule has 0 spiro atoms. The van der Waals surface area contributed by atoms with Crippen LogP contribution in [0, 0.1) is 5.41 Å². The lowest BCUT2D eigenvalue weighted by atomic mass is 9.87. The number of carbonyl (C=O) groups excluding carboxylic acids is 1. The number of carbonyl (C=O) groups is 1. The molecule has 1 rings (SSSR count). The predicted molar refractivity (Wildman–Crippen MR) is 86.5 cm³/mol. The van der Waals surface area contributed by atoms with Crippen LogP contribution in [0.2, 0.25) is 0 Å². The third-order valence-corrected chi connectivity index (χ3v) is 3.44. The van der Waals surface area contributed by atoms with Crippen LogP contribution in [-0.4, -0.2) is 29.2 Å². The molecule has 0 aliphatic carbocycles. The molecular formula is C16H28N4O. The van der Waals surface area contributed by atoms with Gasteiger partial charge in [0.1, 0.15) is 5.82 Å². The highest BCUT2D eigenvalue weighted by molar-refractivity contribution is 5.92. The van der Waals surface area contributed by atoms with Crippen LogP contribution in [0.5, 0.6) is 0 Å². The van der Waals surface area contributed by atoms with Crippen molar-refractivity contribution in [2.24, 2.45) is 5.41 Å². The van der Waals surface area contributed by atoms with Crippen LogP contribution in [0.1, 0.15) is 63.9 Å². The first-order chi connectivity index (χ1) is 9.98. The van der Waals surface area contributed by atoms with Gasteiger partial charge in [-0.1, -0.05) is 40.0 Å². The minimum atomic E-state index is -0.158. The summed E-state index contributed by atoms with van der Waals surface area (Å²) in [6.07, 6.45) is 4.79. The Morgan fingerprint density at radius 3 is 2.52 bits per heavy atom. The van der Waals surface area contributed by atoms with Gasteiger partial charge in [-0.15, -0.1) is 10.2 Å². The van der Waals surface area contributed by atoms with Gasteiger partial charge in [0.15, 0.2) is 5.69 Å². The minimum Gasteiger partial charge on any atom is -0.369 e. The van der Waals surface area contributed by atoms with E-state index in [9.17, 15) is 4.79 Å². The lowest BCUT2D eigenvalue weighted by Crippen LogP contribution is -2.34. The largest absolute Gasteiger partial charge is 0.369 e. The summed E-state index contributed by atoms with van der Waals surface area (Å²) in [4.78, 5) is 12.1. The van der Waals surface area contributed by atoms with E-state index in [1.165, 1.54) is 19.3 Å². The van der Waals surface area contributed by atoms with Gasteiger partial charge in [-0.2, -0.15) is 0 Å². The first kappa shape index (κ1) is 17.4. The number of hydrogen-bond donors (Lipinski definition) is 2. The second-order valence-electron chi connectivity index (χ2n) is 6.14. The molecule has 0 aliphatic rings. The van der Waals surface area contributed by atoms with Crippen LogP contribution in [-0.2, 0) is 0 Å². The molecule has 2 N–H and O–H groups in total. The second-order valence-corrected chi connectivity index (χ2v) is 6.14. The molecule has 0 saturated heterocycles. The molecule has 118 valence electrons. The van der Waals surface area contributed by atoms with E-state index in [1.807, 2.05) is 6.92 Å². The number of rotatable bonds is 9. The van der Waals surface area contributed by atoms with Crippen molar-refractivity contribution in [3.63, 3.8) is 0 Å². The summed E-state index contributed by atoms with van der Waals surface area (Å²) in [5.74, 6) is 0.531. The van der Waals surface area contributed by atoms with Crippen molar-refractivity contribution in [2.45, 2.75) is 53.4 Å². The van der Waals surface area contributed by atoms with Gasteiger partial charge in [0.05, 0.1) is 0 Å².